The van der Waals surface area contributed by atoms with Gasteiger partial charge in [0.2, 0.25) is 0 Å². The number of hydrogen-bond acceptors (Lipinski definition) is 5. The quantitative estimate of drug-likeness (QED) is 0.867. The number of pyridine rings is 1. The number of rotatable bonds is 5. The van der Waals surface area contributed by atoms with Crippen LogP contribution in [0.2, 0.25) is 0 Å². The van der Waals surface area contributed by atoms with E-state index in [1.165, 1.54) is 18.5 Å². The van der Waals surface area contributed by atoms with Crippen molar-refractivity contribution in [1.29, 1.82) is 0 Å². The average Bonchev–Trinajstić information content (AvgIpc) is 3.48. The molecule has 1 aliphatic heterocycles. The maximum atomic E-state index is 12.4. The van der Waals surface area contributed by atoms with Gasteiger partial charge in [-0.25, -0.2) is 4.98 Å². The fourth-order valence-electron chi connectivity index (χ4n) is 3.07. The molecule has 0 unspecified atom stereocenters. The van der Waals surface area contributed by atoms with Crippen molar-refractivity contribution in [2.75, 3.05) is 48.8 Å². The van der Waals surface area contributed by atoms with E-state index in [0.717, 1.165) is 37.7 Å². The maximum Gasteiger partial charge on any atom is 0.257 e. The van der Waals surface area contributed by atoms with Gasteiger partial charge in [0.25, 0.3) is 5.91 Å². The first-order valence-electron chi connectivity index (χ1n) is 9.25. The third-order valence-corrected chi connectivity index (χ3v) is 4.95. The smallest absolute Gasteiger partial charge is 0.257 e. The molecule has 2 aromatic rings. The second kappa shape index (κ2) is 7.33. The lowest BCUT2D eigenvalue weighted by molar-refractivity contribution is 0.102. The number of nitrogens with zero attached hydrogens (tertiary/aromatic N) is 3. The van der Waals surface area contributed by atoms with Gasteiger partial charge < -0.3 is 20.4 Å². The standard InChI is InChI=1S/C20H25N5O/c1-24-10-12-25(13-11-24)18-7-5-17(6-8-18)23-20(26)15-2-9-19(21-14-15)22-16-3-4-16/h2,5-9,14,16H,3-4,10-13H2,1H3,(H,21,22)(H,23,26). The van der Waals surface area contributed by atoms with Crippen molar-refractivity contribution in [3.05, 3.63) is 48.2 Å². The summed E-state index contributed by atoms with van der Waals surface area (Å²) in [4.78, 5) is 21.4. The van der Waals surface area contributed by atoms with E-state index in [2.05, 4.69) is 44.6 Å². The van der Waals surface area contributed by atoms with Gasteiger partial charge >= 0.3 is 0 Å². The summed E-state index contributed by atoms with van der Waals surface area (Å²) in [5.41, 5.74) is 2.57. The summed E-state index contributed by atoms with van der Waals surface area (Å²) < 4.78 is 0. The fourth-order valence-corrected chi connectivity index (χ4v) is 3.07. The Bertz CT molecular complexity index is 747. The lowest BCUT2D eigenvalue weighted by Crippen LogP contribution is -2.44. The number of likely N-dealkylation sites (N-methyl/N-ethyl adjacent to an activating group) is 1. The first-order valence-corrected chi connectivity index (χ1v) is 9.25. The van der Waals surface area contributed by atoms with Gasteiger partial charge in [0.05, 0.1) is 5.56 Å². The molecule has 2 fully saturated rings. The van der Waals surface area contributed by atoms with Gasteiger partial charge in [0, 0.05) is 49.8 Å². The molecule has 1 aromatic heterocycles. The molecular weight excluding hydrogens is 326 g/mol. The van der Waals surface area contributed by atoms with Crippen LogP contribution < -0.4 is 15.5 Å². The number of nitrogens with one attached hydrogen (secondary N) is 2. The Morgan fingerprint density at radius 2 is 1.77 bits per heavy atom. The lowest BCUT2D eigenvalue weighted by Gasteiger charge is -2.34. The molecule has 4 rings (SSSR count). The predicted octanol–water partition coefficient (Wildman–Crippen LogP) is 2.66. The van der Waals surface area contributed by atoms with Gasteiger partial charge in [-0.15, -0.1) is 0 Å². The number of piperazine rings is 1. The van der Waals surface area contributed by atoms with Crippen molar-refractivity contribution in [3.63, 3.8) is 0 Å². The molecule has 0 bridgehead atoms. The van der Waals surface area contributed by atoms with Crippen molar-refractivity contribution < 1.29 is 4.79 Å². The second-order valence-electron chi connectivity index (χ2n) is 7.14. The summed E-state index contributed by atoms with van der Waals surface area (Å²) in [6, 6.07) is 12.3. The van der Waals surface area contributed by atoms with Gasteiger partial charge in [-0.05, 0) is 56.3 Å². The van der Waals surface area contributed by atoms with Crippen LogP contribution >= 0.6 is 0 Å². The van der Waals surface area contributed by atoms with E-state index >= 15 is 0 Å². The van der Waals surface area contributed by atoms with Crippen LogP contribution in [-0.2, 0) is 0 Å². The Balaban J connectivity index is 1.35. The Kier molecular flexibility index (Phi) is 4.75. The third kappa shape index (κ3) is 4.14. The molecule has 0 spiro atoms. The molecule has 1 saturated carbocycles. The van der Waals surface area contributed by atoms with Crippen LogP contribution in [-0.4, -0.2) is 55.1 Å². The monoisotopic (exact) mass is 351 g/mol. The van der Waals surface area contributed by atoms with E-state index in [-0.39, 0.29) is 5.91 Å². The molecule has 1 saturated heterocycles. The SMILES string of the molecule is CN1CCN(c2ccc(NC(=O)c3ccc(NC4CC4)nc3)cc2)CC1. The molecule has 136 valence electrons. The van der Waals surface area contributed by atoms with E-state index in [4.69, 9.17) is 0 Å². The van der Waals surface area contributed by atoms with Gasteiger partial charge in [-0.2, -0.15) is 0 Å². The number of hydrogen-bond donors (Lipinski definition) is 2. The molecule has 1 aliphatic carbocycles. The molecule has 2 aliphatic rings. The number of amides is 1. The molecule has 6 nitrogen and oxygen atoms in total. The van der Waals surface area contributed by atoms with Gasteiger partial charge in [0.15, 0.2) is 0 Å². The summed E-state index contributed by atoms with van der Waals surface area (Å²) in [5, 5.41) is 6.26. The highest BCUT2D eigenvalue weighted by molar-refractivity contribution is 6.04. The Hall–Kier alpha value is -2.60. The Morgan fingerprint density at radius 1 is 1.04 bits per heavy atom. The normalized spacial score (nSPS) is 17.8. The minimum Gasteiger partial charge on any atom is -0.369 e. The maximum absolute atomic E-state index is 12.4. The molecule has 6 heteroatoms. The molecule has 1 amide bonds. The summed E-state index contributed by atoms with van der Waals surface area (Å²) in [6.45, 7) is 4.23. The van der Waals surface area contributed by atoms with E-state index in [1.54, 1.807) is 6.20 Å². The highest BCUT2D eigenvalue weighted by Gasteiger charge is 2.21. The van der Waals surface area contributed by atoms with Crippen LogP contribution in [0.1, 0.15) is 23.2 Å². The number of benzene rings is 1. The van der Waals surface area contributed by atoms with Crippen molar-refractivity contribution in [1.82, 2.24) is 9.88 Å². The van der Waals surface area contributed by atoms with E-state index in [0.29, 0.717) is 11.6 Å². The molecule has 26 heavy (non-hydrogen) atoms. The predicted molar refractivity (Wildman–Crippen MR) is 105 cm³/mol. The van der Waals surface area contributed by atoms with Gasteiger partial charge in [0.1, 0.15) is 5.82 Å². The molecular formula is C20H25N5O. The largest absolute Gasteiger partial charge is 0.369 e. The number of carbonyl (C=O) groups excluding carboxylic acids is 1. The van der Waals surface area contributed by atoms with Crippen LogP contribution in [0, 0.1) is 0 Å². The van der Waals surface area contributed by atoms with Crippen LogP contribution in [0.3, 0.4) is 0 Å². The summed E-state index contributed by atoms with van der Waals surface area (Å²) >= 11 is 0. The fraction of sp³-hybridized carbons (Fsp3) is 0.400. The van der Waals surface area contributed by atoms with E-state index < -0.39 is 0 Å². The first kappa shape index (κ1) is 16.8. The molecule has 2 heterocycles. The second-order valence-corrected chi connectivity index (χ2v) is 7.14. The number of carbonyl (C=O) groups is 1. The van der Waals surface area contributed by atoms with Gasteiger partial charge in [-0.1, -0.05) is 0 Å². The lowest BCUT2D eigenvalue weighted by atomic mass is 10.2. The van der Waals surface area contributed by atoms with Crippen LogP contribution in [0.25, 0.3) is 0 Å². The highest BCUT2D eigenvalue weighted by Crippen LogP contribution is 2.24. The zero-order valence-corrected chi connectivity index (χ0v) is 15.1. The Morgan fingerprint density at radius 3 is 2.38 bits per heavy atom. The van der Waals surface area contributed by atoms with Crippen LogP contribution in [0.15, 0.2) is 42.6 Å². The number of aromatic nitrogens is 1. The first-order chi connectivity index (χ1) is 12.7. The minimum absolute atomic E-state index is 0.136. The summed E-state index contributed by atoms with van der Waals surface area (Å²) in [7, 11) is 2.15. The Labute approximate surface area is 154 Å². The molecule has 2 N–H and O–H groups in total. The zero-order chi connectivity index (χ0) is 17.9. The minimum atomic E-state index is -0.136. The summed E-state index contributed by atoms with van der Waals surface area (Å²) in [5.74, 6) is 0.698. The van der Waals surface area contributed by atoms with E-state index in [1.807, 2.05) is 24.3 Å². The van der Waals surface area contributed by atoms with Crippen LogP contribution in [0.5, 0.6) is 0 Å². The summed E-state index contributed by atoms with van der Waals surface area (Å²) in [6.07, 6.45) is 4.03. The molecule has 1 aromatic carbocycles. The van der Waals surface area contributed by atoms with Gasteiger partial charge in [-0.3, -0.25) is 4.79 Å². The van der Waals surface area contributed by atoms with Crippen molar-refractivity contribution in [3.8, 4) is 0 Å². The van der Waals surface area contributed by atoms with Crippen molar-refractivity contribution >= 4 is 23.1 Å². The van der Waals surface area contributed by atoms with E-state index in [9.17, 15) is 4.79 Å². The molecule has 0 atom stereocenters. The zero-order valence-electron chi connectivity index (χ0n) is 15.1. The average molecular weight is 351 g/mol. The highest BCUT2D eigenvalue weighted by atomic mass is 16.1. The van der Waals surface area contributed by atoms with Crippen molar-refractivity contribution in [2.24, 2.45) is 0 Å². The third-order valence-electron chi connectivity index (χ3n) is 4.95. The topological polar surface area (TPSA) is 60.5 Å². The number of anilines is 3. The molecule has 0 radical (unpaired) electrons. The van der Waals surface area contributed by atoms with Crippen LogP contribution in [0.4, 0.5) is 17.2 Å². The van der Waals surface area contributed by atoms with Crippen molar-refractivity contribution in [2.45, 2.75) is 18.9 Å².